The van der Waals surface area contributed by atoms with E-state index < -0.39 is 0 Å². The molecule has 132 valence electrons. The van der Waals surface area contributed by atoms with Crippen LogP contribution in [-0.2, 0) is 25.7 Å². The topological polar surface area (TPSA) is 4.93 Å². The van der Waals surface area contributed by atoms with Crippen LogP contribution in [0.15, 0.2) is 24.3 Å². The fraction of sp³-hybridized carbons (Fsp3) is 0.565. The van der Waals surface area contributed by atoms with Crippen molar-refractivity contribution < 1.29 is 0 Å². The Bertz CT molecular complexity index is 615. The molecule has 1 aromatic heterocycles. The first kappa shape index (κ1) is 18.8. The lowest BCUT2D eigenvalue weighted by Gasteiger charge is -2.16. The predicted molar refractivity (Wildman–Crippen MR) is 106 cm³/mol. The lowest BCUT2D eigenvalue weighted by molar-refractivity contribution is 0.769. The van der Waals surface area contributed by atoms with Gasteiger partial charge >= 0.3 is 0 Å². The molecule has 1 heterocycles. The van der Waals surface area contributed by atoms with Crippen molar-refractivity contribution in [3.8, 4) is 5.69 Å². The molecule has 2 aromatic rings. The predicted octanol–water partition coefficient (Wildman–Crippen LogP) is 6.60. The highest BCUT2D eigenvalue weighted by atomic mass is 15.0. The lowest BCUT2D eigenvalue weighted by atomic mass is 9.97. The van der Waals surface area contributed by atoms with E-state index in [1.165, 1.54) is 62.6 Å². The summed E-state index contributed by atoms with van der Waals surface area (Å²) in [6, 6.07) is 8.90. The molecule has 0 bridgehead atoms. The molecule has 0 amide bonds. The van der Waals surface area contributed by atoms with Gasteiger partial charge in [-0.3, -0.25) is 0 Å². The molecule has 0 N–H and O–H groups in total. The van der Waals surface area contributed by atoms with Crippen LogP contribution in [0.3, 0.4) is 0 Å². The third-order valence-corrected chi connectivity index (χ3v) is 4.93. The Kier molecular flexibility index (Phi) is 7.15. The third-order valence-electron chi connectivity index (χ3n) is 4.93. The monoisotopic (exact) mass is 325 g/mol. The largest absolute Gasteiger partial charge is 0.317 e. The van der Waals surface area contributed by atoms with Crippen molar-refractivity contribution in [1.29, 1.82) is 0 Å². The van der Waals surface area contributed by atoms with Gasteiger partial charge in [-0.15, -0.1) is 0 Å². The number of rotatable bonds is 9. The highest BCUT2D eigenvalue weighted by Gasteiger charge is 2.22. The smallest absolute Gasteiger partial charge is 0.0484 e. The Labute approximate surface area is 149 Å². The Morgan fingerprint density at radius 2 is 1.12 bits per heavy atom. The normalized spacial score (nSPS) is 11.2. The zero-order chi connectivity index (χ0) is 17.5. The zero-order valence-electron chi connectivity index (χ0n) is 16.4. The van der Waals surface area contributed by atoms with Gasteiger partial charge in [0, 0.05) is 17.1 Å². The first-order valence-corrected chi connectivity index (χ1v) is 9.99. The van der Waals surface area contributed by atoms with Crippen molar-refractivity contribution in [3.05, 3.63) is 52.3 Å². The summed E-state index contributed by atoms with van der Waals surface area (Å²) in [5.41, 5.74) is 9.26. The first-order valence-electron chi connectivity index (χ1n) is 9.99. The summed E-state index contributed by atoms with van der Waals surface area (Å²) in [5.74, 6) is 0. The molecule has 1 aromatic carbocycles. The first-order chi connectivity index (χ1) is 11.7. The number of nitrogens with zero attached hydrogens (tertiary/aromatic N) is 1. The van der Waals surface area contributed by atoms with Crippen LogP contribution in [-0.4, -0.2) is 4.57 Å². The fourth-order valence-corrected chi connectivity index (χ4v) is 3.98. The summed E-state index contributed by atoms with van der Waals surface area (Å²) in [4.78, 5) is 0. The van der Waals surface area contributed by atoms with Gasteiger partial charge in [-0.05, 0) is 55.4 Å². The molecule has 1 nitrogen and oxygen atoms in total. The van der Waals surface area contributed by atoms with E-state index in [1.807, 2.05) is 0 Å². The van der Waals surface area contributed by atoms with Crippen molar-refractivity contribution in [2.45, 2.75) is 86.0 Å². The van der Waals surface area contributed by atoms with E-state index in [1.54, 1.807) is 22.5 Å². The molecule has 0 atom stereocenters. The van der Waals surface area contributed by atoms with E-state index >= 15 is 0 Å². The van der Waals surface area contributed by atoms with E-state index in [2.05, 4.69) is 63.5 Å². The molecule has 0 radical (unpaired) electrons. The van der Waals surface area contributed by atoms with Gasteiger partial charge in [-0.25, -0.2) is 0 Å². The molecular weight excluding hydrogens is 290 g/mol. The van der Waals surface area contributed by atoms with Crippen molar-refractivity contribution in [2.75, 3.05) is 0 Å². The maximum absolute atomic E-state index is 2.64. The standard InChI is InChI=1S/C23H35N/c1-6-12-19-20(13-7-2)23(15-9-4)24(22(19)14-8-3)21-17-11-10-16-18(21)5/h10-11,16-17H,6-9,12-15H2,1-5H3. The second kappa shape index (κ2) is 9.11. The summed E-state index contributed by atoms with van der Waals surface area (Å²) in [6.07, 6.45) is 9.70. The molecule has 0 saturated carbocycles. The van der Waals surface area contributed by atoms with Crippen molar-refractivity contribution >= 4 is 0 Å². The average Bonchev–Trinajstić information content (AvgIpc) is 2.84. The minimum absolute atomic E-state index is 1.18. The van der Waals surface area contributed by atoms with Gasteiger partial charge in [0.2, 0.25) is 0 Å². The highest BCUT2D eigenvalue weighted by Crippen LogP contribution is 2.32. The number of hydrogen-bond donors (Lipinski definition) is 0. The number of hydrogen-bond acceptors (Lipinski definition) is 0. The van der Waals surface area contributed by atoms with Gasteiger partial charge in [-0.1, -0.05) is 71.6 Å². The number of aryl methyl sites for hydroxylation is 1. The number of benzene rings is 1. The lowest BCUT2D eigenvalue weighted by Crippen LogP contribution is -2.07. The Hall–Kier alpha value is -1.50. The Morgan fingerprint density at radius 1 is 0.667 bits per heavy atom. The zero-order valence-corrected chi connectivity index (χ0v) is 16.4. The SMILES string of the molecule is CCCc1c(CCC)c(CCC)n(-c2ccccc2C)c1CCC. The molecule has 0 aliphatic heterocycles. The molecule has 0 aliphatic rings. The molecule has 0 aliphatic carbocycles. The van der Waals surface area contributed by atoms with E-state index in [9.17, 15) is 0 Å². The summed E-state index contributed by atoms with van der Waals surface area (Å²) >= 11 is 0. The maximum atomic E-state index is 2.64. The van der Waals surface area contributed by atoms with Crippen LogP contribution in [0, 0.1) is 6.92 Å². The van der Waals surface area contributed by atoms with Crippen molar-refractivity contribution in [3.63, 3.8) is 0 Å². The Morgan fingerprint density at radius 3 is 1.54 bits per heavy atom. The van der Waals surface area contributed by atoms with E-state index in [-0.39, 0.29) is 0 Å². The second-order valence-corrected chi connectivity index (χ2v) is 6.97. The fourth-order valence-electron chi connectivity index (χ4n) is 3.98. The third kappa shape index (κ3) is 3.77. The summed E-state index contributed by atoms with van der Waals surface area (Å²) in [6.45, 7) is 11.5. The van der Waals surface area contributed by atoms with E-state index in [0.29, 0.717) is 0 Å². The van der Waals surface area contributed by atoms with Crippen LogP contribution in [0.1, 0.15) is 81.5 Å². The molecule has 1 heteroatoms. The second-order valence-electron chi connectivity index (χ2n) is 6.97. The van der Waals surface area contributed by atoms with Crippen LogP contribution < -0.4 is 0 Å². The molecule has 0 saturated heterocycles. The molecule has 0 fully saturated rings. The quantitative estimate of drug-likeness (QED) is 0.489. The minimum atomic E-state index is 1.18. The molecular formula is C23H35N. The highest BCUT2D eigenvalue weighted by molar-refractivity contribution is 5.50. The van der Waals surface area contributed by atoms with Crippen LogP contribution in [0.4, 0.5) is 0 Å². The van der Waals surface area contributed by atoms with E-state index in [0.717, 1.165) is 0 Å². The summed E-state index contributed by atoms with van der Waals surface area (Å²) < 4.78 is 2.64. The molecule has 0 unspecified atom stereocenters. The van der Waals surface area contributed by atoms with Gasteiger partial charge in [0.05, 0.1) is 0 Å². The van der Waals surface area contributed by atoms with Gasteiger partial charge in [0.15, 0.2) is 0 Å². The molecule has 0 spiro atoms. The summed E-state index contributed by atoms with van der Waals surface area (Å²) in [7, 11) is 0. The van der Waals surface area contributed by atoms with Gasteiger partial charge in [0.1, 0.15) is 0 Å². The average molecular weight is 326 g/mol. The Balaban J connectivity index is 2.77. The molecule has 24 heavy (non-hydrogen) atoms. The van der Waals surface area contributed by atoms with Crippen LogP contribution in [0.2, 0.25) is 0 Å². The van der Waals surface area contributed by atoms with Crippen molar-refractivity contribution in [1.82, 2.24) is 4.57 Å². The van der Waals surface area contributed by atoms with Crippen LogP contribution >= 0.6 is 0 Å². The van der Waals surface area contributed by atoms with Crippen LogP contribution in [0.5, 0.6) is 0 Å². The van der Waals surface area contributed by atoms with Crippen molar-refractivity contribution in [2.24, 2.45) is 0 Å². The number of aromatic nitrogens is 1. The summed E-state index contributed by atoms with van der Waals surface area (Å²) in [5, 5.41) is 0. The van der Waals surface area contributed by atoms with Crippen LogP contribution in [0.25, 0.3) is 5.69 Å². The van der Waals surface area contributed by atoms with Gasteiger partial charge in [0.25, 0.3) is 0 Å². The minimum Gasteiger partial charge on any atom is -0.317 e. The molecule has 2 rings (SSSR count). The maximum Gasteiger partial charge on any atom is 0.0484 e. The number of para-hydroxylation sites is 1. The van der Waals surface area contributed by atoms with Gasteiger partial charge in [-0.2, -0.15) is 0 Å². The van der Waals surface area contributed by atoms with Gasteiger partial charge < -0.3 is 4.57 Å². The van der Waals surface area contributed by atoms with E-state index in [4.69, 9.17) is 0 Å².